The Morgan fingerprint density at radius 2 is 2.62 bits per heavy atom. The third-order valence-corrected chi connectivity index (χ3v) is 1.47. The lowest BCUT2D eigenvalue weighted by Gasteiger charge is -2.00. The van der Waals surface area contributed by atoms with Gasteiger partial charge in [0.2, 0.25) is 0 Å². The van der Waals surface area contributed by atoms with E-state index < -0.39 is 0 Å². The molecule has 1 amide bonds. The van der Waals surface area contributed by atoms with E-state index in [0.29, 0.717) is 18.5 Å². The van der Waals surface area contributed by atoms with E-state index in [1.165, 1.54) is 6.20 Å². The first kappa shape index (κ1) is 9.13. The molecule has 1 aromatic rings. The van der Waals surface area contributed by atoms with Crippen LogP contribution in [0.5, 0.6) is 0 Å². The largest absolute Gasteiger partial charge is 0.383 e. The number of aromatic amines is 1. The van der Waals surface area contributed by atoms with E-state index in [2.05, 4.69) is 21.4 Å². The molecule has 0 radical (unpaired) electrons. The maximum Gasteiger partial charge on any atom is 0.256 e. The van der Waals surface area contributed by atoms with Gasteiger partial charge in [-0.25, -0.2) is 0 Å². The standard InChI is InChI=1S/C8H10N4O/c1-2-3-4-10-8(13)6-5-11-12-7(6)9/h1,5H,3-4H2,(H,10,13)(H3,9,11,12). The van der Waals surface area contributed by atoms with Crippen LogP contribution in [0.25, 0.3) is 0 Å². The first-order chi connectivity index (χ1) is 6.25. The van der Waals surface area contributed by atoms with E-state index in [1.54, 1.807) is 0 Å². The van der Waals surface area contributed by atoms with Crippen LogP contribution in [0.3, 0.4) is 0 Å². The molecule has 1 aromatic heterocycles. The van der Waals surface area contributed by atoms with Gasteiger partial charge in [0.25, 0.3) is 5.91 Å². The molecule has 5 nitrogen and oxygen atoms in total. The summed E-state index contributed by atoms with van der Waals surface area (Å²) in [6.45, 7) is 0.444. The van der Waals surface area contributed by atoms with E-state index in [1.807, 2.05) is 0 Å². The zero-order valence-corrected chi connectivity index (χ0v) is 7.00. The Morgan fingerprint density at radius 3 is 3.15 bits per heavy atom. The average molecular weight is 178 g/mol. The molecule has 1 rings (SSSR count). The predicted molar refractivity (Wildman–Crippen MR) is 48.8 cm³/mol. The van der Waals surface area contributed by atoms with Gasteiger partial charge in [-0.05, 0) is 0 Å². The van der Waals surface area contributed by atoms with Gasteiger partial charge in [0.1, 0.15) is 11.4 Å². The molecule has 13 heavy (non-hydrogen) atoms. The number of nitrogen functional groups attached to an aromatic ring is 1. The zero-order valence-electron chi connectivity index (χ0n) is 7.00. The first-order valence-electron chi connectivity index (χ1n) is 3.76. The number of nitrogens with zero attached hydrogens (tertiary/aromatic N) is 1. The summed E-state index contributed by atoms with van der Waals surface area (Å²) in [7, 11) is 0. The Balaban J connectivity index is 2.50. The van der Waals surface area contributed by atoms with Gasteiger partial charge >= 0.3 is 0 Å². The number of H-pyrrole nitrogens is 1. The second kappa shape index (κ2) is 4.16. The fourth-order valence-corrected chi connectivity index (χ4v) is 0.821. The molecule has 0 aliphatic rings. The number of carbonyl (C=O) groups excluding carboxylic acids is 1. The fraction of sp³-hybridized carbons (Fsp3) is 0.250. The number of rotatable bonds is 3. The number of hydrogen-bond donors (Lipinski definition) is 3. The third-order valence-electron chi connectivity index (χ3n) is 1.47. The van der Waals surface area contributed by atoms with Crippen molar-refractivity contribution in [1.29, 1.82) is 0 Å². The van der Waals surface area contributed by atoms with E-state index in [0.717, 1.165) is 0 Å². The van der Waals surface area contributed by atoms with Crippen molar-refractivity contribution in [3.8, 4) is 12.3 Å². The van der Waals surface area contributed by atoms with Crippen molar-refractivity contribution in [2.45, 2.75) is 6.42 Å². The van der Waals surface area contributed by atoms with Crippen LogP contribution in [0, 0.1) is 12.3 Å². The molecule has 5 heteroatoms. The monoisotopic (exact) mass is 178 g/mol. The molecule has 0 atom stereocenters. The number of anilines is 1. The molecule has 0 saturated heterocycles. The van der Waals surface area contributed by atoms with Crippen LogP contribution in [-0.2, 0) is 0 Å². The SMILES string of the molecule is C#CCCNC(=O)c1cn[nH]c1N. The summed E-state index contributed by atoms with van der Waals surface area (Å²) in [5.41, 5.74) is 5.77. The highest BCUT2D eigenvalue weighted by Gasteiger charge is 2.09. The maximum absolute atomic E-state index is 11.3. The molecule has 0 fully saturated rings. The zero-order chi connectivity index (χ0) is 9.68. The molecule has 0 aliphatic carbocycles. The molecule has 4 N–H and O–H groups in total. The molecule has 0 aliphatic heterocycles. The fourth-order valence-electron chi connectivity index (χ4n) is 0.821. The minimum absolute atomic E-state index is 0.262. The molecular weight excluding hydrogens is 168 g/mol. The summed E-state index contributed by atoms with van der Waals surface area (Å²) in [6.07, 6.45) is 6.90. The summed E-state index contributed by atoms with van der Waals surface area (Å²) >= 11 is 0. The van der Waals surface area contributed by atoms with Crippen molar-refractivity contribution in [2.75, 3.05) is 12.3 Å². The van der Waals surface area contributed by atoms with Crippen LogP contribution in [-0.4, -0.2) is 22.6 Å². The van der Waals surface area contributed by atoms with Crippen LogP contribution in [0.2, 0.25) is 0 Å². The van der Waals surface area contributed by atoms with Crippen LogP contribution in [0.4, 0.5) is 5.82 Å². The maximum atomic E-state index is 11.3. The number of terminal acetylenes is 1. The highest BCUT2D eigenvalue weighted by molar-refractivity contribution is 5.98. The number of carbonyl (C=O) groups is 1. The number of aromatic nitrogens is 2. The van der Waals surface area contributed by atoms with Crippen LogP contribution >= 0.6 is 0 Å². The van der Waals surface area contributed by atoms with Crippen LogP contribution < -0.4 is 11.1 Å². The third kappa shape index (κ3) is 2.24. The Kier molecular flexibility index (Phi) is 2.92. The van der Waals surface area contributed by atoms with Gasteiger partial charge in [-0.15, -0.1) is 12.3 Å². The molecule has 0 unspecified atom stereocenters. The van der Waals surface area contributed by atoms with Crippen molar-refractivity contribution < 1.29 is 4.79 Å². The van der Waals surface area contributed by atoms with Crippen molar-refractivity contribution in [3.05, 3.63) is 11.8 Å². The topological polar surface area (TPSA) is 83.8 Å². The summed E-state index contributed by atoms with van der Waals surface area (Å²) in [6, 6.07) is 0. The molecule has 0 spiro atoms. The minimum atomic E-state index is -0.262. The van der Waals surface area contributed by atoms with E-state index in [4.69, 9.17) is 12.2 Å². The van der Waals surface area contributed by atoms with Gasteiger partial charge in [0, 0.05) is 13.0 Å². The highest BCUT2D eigenvalue weighted by atomic mass is 16.1. The summed E-state index contributed by atoms with van der Waals surface area (Å²) in [4.78, 5) is 11.3. The van der Waals surface area contributed by atoms with Gasteiger partial charge in [-0.3, -0.25) is 9.89 Å². The molecular formula is C8H10N4O. The van der Waals surface area contributed by atoms with Crippen molar-refractivity contribution in [1.82, 2.24) is 15.5 Å². The summed E-state index contributed by atoms with van der Waals surface area (Å²) in [5.74, 6) is 2.41. The van der Waals surface area contributed by atoms with Gasteiger partial charge in [-0.2, -0.15) is 5.10 Å². The number of hydrogen-bond acceptors (Lipinski definition) is 3. The lowest BCUT2D eigenvalue weighted by molar-refractivity contribution is 0.0955. The minimum Gasteiger partial charge on any atom is -0.383 e. The Bertz CT molecular complexity index is 336. The van der Waals surface area contributed by atoms with E-state index in [9.17, 15) is 4.79 Å². The lowest BCUT2D eigenvalue weighted by Crippen LogP contribution is -2.24. The van der Waals surface area contributed by atoms with Gasteiger partial charge < -0.3 is 11.1 Å². The van der Waals surface area contributed by atoms with Gasteiger partial charge in [0.15, 0.2) is 0 Å². The molecule has 68 valence electrons. The summed E-state index contributed by atoms with van der Waals surface area (Å²) in [5, 5.41) is 8.69. The summed E-state index contributed by atoms with van der Waals surface area (Å²) < 4.78 is 0. The number of nitrogens with one attached hydrogen (secondary N) is 2. The Morgan fingerprint density at radius 1 is 1.85 bits per heavy atom. The Hall–Kier alpha value is -1.96. The van der Waals surface area contributed by atoms with E-state index in [-0.39, 0.29) is 11.7 Å². The Labute approximate surface area is 75.7 Å². The molecule has 0 bridgehead atoms. The average Bonchev–Trinajstić information content (AvgIpc) is 2.52. The van der Waals surface area contributed by atoms with E-state index >= 15 is 0 Å². The molecule has 1 heterocycles. The quantitative estimate of drug-likeness (QED) is 0.440. The molecule has 0 aromatic carbocycles. The highest BCUT2D eigenvalue weighted by Crippen LogP contribution is 2.04. The van der Waals surface area contributed by atoms with Crippen LogP contribution in [0.1, 0.15) is 16.8 Å². The van der Waals surface area contributed by atoms with Crippen molar-refractivity contribution in [3.63, 3.8) is 0 Å². The van der Waals surface area contributed by atoms with Crippen molar-refractivity contribution in [2.24, 2.45) is 0 Å². The van der Waals surface area contributed by atoms with Gasteiger partial charge in [0.05, 0.1) is 6.20 Å². The first-order valence-corrected chi connectivity index (χ1v) is 3.76. The second-order valence-corrected chi connectivity index (χ2v) is 2.41. The smallest absolute Gasteiger partial charge is 0.256 e. The number of amides is 1. The van der Waals surface area contributed by atoms with Gasteiger partial charge in [-0.1, -0.05) is 0 Å². The van der Waals surface area contributed by atoms with Crippen molar-refractivity contribution >= 4 is 11.7 Å². The second-order valence-electron chi connectivity index (χ2n) is 2.41. The number of nitrogens with two attached hydrogens (primary N) is 1. The molecule has 0 saturated carbocycles. The predicted octanol–water partition coefficient (Wildman–Crippen LogP) is -0.255. The lowest BCUT2D eigenvalue weighted by atomic mass is 10.3. The normalized spacial score (nSPS) is 9.15. The van der Waals surface area contributed by atoms with Crippen LogP contribution in [0.15, 0.2) is 6.20 Å².